The third-order valence-corrected chi connectivity index (χ3v) is 2.46. The van der Waals surface area contributed by atoms with Crippen LogP contribution in [-0.4, -0.2) is 22.3 Å². The molecule has 2 nitrogen and oxygen atoms in total. The smallest absolute Gasteiger partial charge is 0.306 e. The monoisotopic (exact) mass is 144 g/mol. The molecule has 0 N–H and O–H groups in total. The van der Waals surface area contributed by atoms with Crippen LogP contribution in [0.15, 0.2) is 0 Å². The quantitative estimate of drug-likeness (QED) is 0.349. The van der Waals surface area contributed by atoms with E-state index in [0.717, 1.165) is 16.7 Å². The summed E-state index contributed by atoms with van der Waals surface area (Å²) in [4.78, 5) is 10.7. The molecule has 0 saturated carbocycles. The molecule has 0 amide bonds. The van der Waals surface area contributed by atoms with Gasteiger partial charge >= 0.3 is 5.97 Å². The van der Waals surface area contributed by atoms with Gasteiger partial charge in [0.05, 0.1) is 6.10 Å². The summed E-state index contributed by atoms with van der Waals surface area (Å²) in [6, 6.07) is 0. The minimum Gasteiger partial charge on any atom is -0.463 e. The molecule has 0 aliphatic carbocycles. The molecule has 1 aliphatic rings. The van der Waals surface area contributed by atoms with E-state index >= 15 is 0 Å². The topological polar surface area (TPSA) is 26.3 Å². The predicted molar refractivity (Wildman–Crippen MR) is 38.5 cm³/mol. The Bertz CT molecular complexity index is 112. The van der Waals surface area contributed by atoms with Crippen LogP contribution in [0.3, 0.4) is 0 Å². The van der Waals surface area contributed by atoms with Crippen molar-refractivity contribution in [2.75, 3.05) is 0 Å². The number of carbonyl (C=O) groups is 1. The maximum atomic E-state index is 10.7. The lowest BCUT2D eigenvalue weighted by molar-refractivity contribution is -0.152. The molecule has 0 aromatic rings. The Kier molecular flexibility index (Phi) is 1.90. The zero-order valence-electron chi connectivity index (χ0n) is 5.89. The van der Waals surface area contributed by atoms with Gasteiger partial charge in [-0.2, -0.15) is 0 Å². The molecule has 2 unspecified atom stereocenters. The summed E-state index contributed by atoms with van der Waals surface area (Å²) >= 11 is 0. The highest BCUT2D eigenvalue weighted by molar-refractivity contribution is 6.13. The van der Waals surface area contributed by atoms with Gasteiger partial charge < -0.3 is 4.74 Å². The van der Waals surface area contributed by atoms with Crippen molar-refractivity contribution in [2.45, 2.75) is 31.4 Å². The molecule has 2 atom stereocenters. The summed E-state index contributed by atoms with van der Waals surface area (Å²) in [7, 11) is 1.13. The summed E-state index contributed by atoms with van der Waals surface area (Å²) in [5, 5.41) is 0. The van der Waals surface area contributed by atoms with Gasteiger partial charge in [-0.05, 0) is 18.9 Å². The molecular formula is C6H12O2Si. The van der Waals surface area contributed by atoms with Crippen LogP contribution in [0.4, 0.5) is 0 Å². The van der Waals surface area contributed by atoms with E-state index in [0.29, 0.717) is 12.0 Å². The molecule has 52 valence electrons. The minimum absolute atomic E-state index is 0.00579. The highest BCUT2D eigenvalue weighted by Crippen LogP contribution is 2.22. The van der Waals surface area contributed by atoms with Crippen LogP contribution in [-0.2, 0) is 9.53 Å². The summed E-state index contributed by atoms with van der Waals surface area (Å²) in [5.74, 6) is -0.00579. The van der Waals surface area contributed by atoms with Crippen LogP contribution in [0, 0.1) is 0 Å². The zero-order chi connectivity index (χ0) is 6.85. The van der Waals surface area contributed by atoms with Crippen LogP contribution < -0.4 is 0 Å². The van der Waals surface area contributed by atoms with Crippen molar-refractivity contribution in [3.05, 3.63) is 0 Å². The van der Waals surface area contributed by atoms with E-state index in [1.165, 1.54) is 0 Å². The molecule has 3 heteroatoms. The number of esters is 1. The van der Waals surface area contributed by atoms with Crippen molar-refractivity contribution in [3.63, 3.8) is 0 Å². The molecule has 1 rings (SSSR count). The number of hydrogen-bond donors (Lipinski definition) is 0. The van der Waals surface area contributed by atoms with Gasteiger partial charge in [-0.25, -0.2) is 0 Å². The fraction of sp³-hybridized carbons (Fsp3) is 0.833. The van der Waals surface area contributed by atoms with Crippen molar-refractivity contribution in [2.24, 2.45) is 0 Å². The van der Waals surface area contributed by atoms with E-state index < -0.39 is 0 Å². The number of carbonyl (C=O) groups excluding carboxylic acids is 1. The van der Waals surface area contributed by atoms with Crippen molar-refractivity contribution in [1.82, 2.24) is 0 Å². The third kappa shape index (κ3) is 1.82. The Labute approximate surface area is 58.0 Å². The van der Waals surface area contributed by atoms with E-state index in [4.69, 9.17) is 4.74 Å². The predicted octanol–water partition coefficient (Wildman–Crippen LogP) is -0.134. The van der Waals surface area contributed by atoms with Crippen LogP contribution in [0.2, 0.25) is 5.54 Å². The number of cyclic esters (lactones) is 1. The van der Waals surface area contributed by atoms with Gasteiger partial charge in [0.15, 0.2) is 0 Å². The highest BCUT2D eigenvalue weighted by atomic mass is 28.1. The van der Waals surface area contributed by atoms with Gasteiger partial charge in [-0.3, -0.25) is 4.79 Å². The summed E-state index contributed by atoms with van der Waals surface area (Å²) in [6.07, 6.45) is 1.92. The summed E-state index contributed by atoms with van der Waals surface area (Å²) in [5.41, 5.74) is 0.654. The van der Waals surface area contributed by atoms with Gasteiger partial charge in [-0.1, -0.05) is 0 Å². The first-order valence-electron chi connectivity index (χ1n) is 3.38. The lowest BCUT2D eigenvalue weighted by Gasteiger charge is -2.23. The highest BCUT2D eigenvalue weighted by Gasteiger charge is 2.21. The first-order valence-corrected chi connectivity index (χ1v) is 4.53. The molecule has 0 radical (unpaired) electrons. The van der Waals surface area contributed by atoms with Crippen LogP contribution in [0.1, 0.15) is 19.8 Å². The van der Waals surface area contributed by atoms with E-state index in [1.54, 1.807) is 0 Å². The lowest BCUT2D eigenvalue weighted by Crippen LogP contribution is -2.24. The SMILES string of the molecule is CC1CC([SiH3])CC(=O)O1. The van der Waals surface area contributed by atoms with E-state index in [-0.39, 0.29) is 12.1 Å². The van der Waals surface area contributed by atoms with Crippen molar-refractivity contribution in [1.29, 1.82) is 0 Å². The summed E-state index contributed by atoms with van der Waals surface area (Å²) in [6.45, 7) is 1.96. The average molecular weight is 144 g/mol. The molecule has 1 heterocycles. The van der Waals surface area contributed by atoms with Gasteiger partial charge in [0.1, 0.15) is 0 Å². The fourth-order valence-electron chi connectivity index (χ4n) is 1.26. The standard InChI is InChI=1S/C6H12O2Si/c1-4-2-5(9)3-6(7)8-4/h4-5H,2-3H2,1,9H3. The molecule has 1 aliphatic heterocycles. The van der Waals surface area contributed by atoms with E-state index in [1.807, 2.05) is 6.92 Å². The average Bonchev–Trinajstić information content (AvgIpc) is 1.59. The summed E-state index contributed by atoms with van der Waals surface area (Å²) < 4.78 is 4.94. The van der Waals surface area contributed by atoms with Crippen LogP contribution in [0.5, 0.6) is 0 Å². The molecule has 1 fully saturated rings. The molecule has 1 saturated heterocycles. The maximum Gasteiger partial charge on any atom is 0.306 e. The van der Waals surface area contributed by atoms with Crippen molar-refractivity contribution >= 4 is 16.2 Å². The Morgan fingerprint density at radius 1 is 1.78 bits per heavy atom. The largest absolute Gasteiger partial charge is 0.463 e. The Hall–Kier alpha value is -0.313. The van der Waals surface area contributed by atoms with Gasteiger partial charge in [0.25, 0.3) is 0 Å². The number of rotatable bonds is 0. The van der Waals surface area contributed by atoms with E-state index in [2.05, 4.69) is 0 Å². The Morgan fingerprint density at radius 3 is 2.89 bits per heavy atom. The van der Waals surface area contributed by atoms with Gasteiger partial charge in [0.2, 0.25) is 0 Å². The zero-order valence-corrected chi connectivity index (χ0v) is 7.89. The second-order valence-corrected chi connectivity index (χ2v) is 4.48. The Morgan fingerprint density at radius 2 is 2.44 bits per heavy atom. The second-order valence-electron chi connectivity index (χ2n) is 2.85. The first-order chi connectivity index (χ1) is 4.18. The maximum absolute atomic E-state index is 10.7. The van der Waals surface area contributed by atoms with Gasteiger partial charge in [0, 0.05) is 16.7 Å². The molecule has 0 aromatic carbocycles. The van der Waals surface area contributed by atoms with Crippen LogP contribution >= 0.6 is 0 Å². The fourth-order valence-corrected chi connectivity index (χ4v) is 2.25. The van der Waals surface area contributed by atoms with Crippen molar-refractivity contribution < 1.29 is 9.53 Å². The number of ether oxygens (including phenoxy) is 1. The Balaban J connectivity index is 2.43. The minimum atomic E-state index is -0.00579. The van der Waals surface area contributed by atoms with Crippen molar-refractivity contribution in [3.8, 4) is 0 Å². The number of hydrogen-bond acceptors (Lipinski definition) is 2. The van der Waals surface area contributed by atoms with Gasteiger partial charge in [-0.15, -0.1) is 0 Å². The molecule has 9 heavy (non-hydrogen) atoms. The third-order valence-electron chi connectivity index (χ3n) is 1.58. The normalized spacial score (nSPS) is 36.3. The molecule has 0 aromatic heterocycles. The van der Waals surface area contributed by atoms with E-state index in [9.17, 15) is 4.79 Å². The molecule has 0 bridgehead atoms. The first kappa shape index (κ1) is 6.80. The lowest BCUT2D eigenvalue weighted by atomic mass is 10.1. The van der Waals surface area contributed by atoms with Crippen LogP contribution in [0.25, 0.3) is 0 Å². The molecule has 0 spiro atoms. The second kappa shape index (κ2) is 2.52. The molecular weight excluding hydrogens is 132 g/mol.